The molecular weight excluding hydrogens is 254 g/mol. The number of carbonyl (C=O) groups is 2. The number of carbonyl (C=O) groups excluding carboxylic acids is 2. The number of primary amides is 1. The molecule has 1 atom stereocenters. The minimum Gasteiger partial charge on any atom is -0.351 e. The number of fused-ring (bicyclic) bond motifs is 1. The number of hydrogen-bond acceptors (Lipinski definition) is 3. The third kappa shape index (κ3) is 3.33. The monoisotopic (exact) mass is 271 g/mol. The summed E-state index contributed by atoms with van der Waals surface area (Å²) in [6.07, 6.45) is 0. The predicted octanol–water partition coefficient (Wildman–Crippen LogP) is 1.51. The highest BCUT2D eigenvalue weighted by atomic mass is 16.2. The van der Waals surface area contributed by atoms with E-state index in [4.69, 9.17) is 5.73 Å². The van der Waals surface area contributed by atoms with Crippen LogP contribution in [0.5, 0.6) is 0 Å². The standard InChI is InChI=1S/C15H17N3O2/c1-10(14(19)18-15(16)20)17-9-12-7-4-6-11-5-2-3-8-13(11)12/h2-8,10,17H,9H2,1H3,(H3,16,18,19,20). The van der Waals surface area contributed by atoms with Crippen LogP contribution in [0.1, 0.15) is 12.5 Å². The largest absolute Gasteiger partial charge is 0.351 e. The Hall–Kier alpha value is -2.40. The van der Waals surface area contributed by atoms with Crippen molar-refractivity contribution in [2.75, 3.05) is 0 Å². The first kappa shape index (κ1) is 14.0. The van der Waals surface area contributed by atoms with Gasteiger partial charge in [-0.2, -0.15) is 0 Å². The lowest BCUT2D eigenvalue weighted by Crippen LogP contribution is -2.46. The first-order chi connectivity index (χ1) is 9.58. The van der Waals surface area contributed by atoms with Crippen molar-refractivity contribution in [3.63, 3.8) is 0 Å². The molecule has 2 rings (SSSR count). The van der Waals surface area contributed by atoms with Crippen molar-refractivity contribution in [2.24, 2.45) is 5.73 Å². The van der Waals surface area contributed by atoms with Crippen LogP contribution < -0.4 is 16.4 Å². The number of rotatable bonds is 4. The number of imide groups is 1. The van der Waals surface area contributed by atoms with Gasteiger partial charge in [-0.05, 0) is 23.3 Å². The van der Waals surface area contributed by atoms with Gasteiger partial charge in [0.1, 0.15) is 0 Å². The summed E-state index contributed by atoms with van der Waals surface area (Å²) in [6, 6.07) is 12.7. The van der Waals surface area contributed by atoms with Crippen molar-refractivity contribution < 1.29 is 9.59 Å². The minimum atomic E-state index is -0.839. The molecule has 0 fully saturated rings. The summed E-state index contributed by atoms with van der Waals surface area (Å²) in [5.74, 6) is -0.433. The average molecular weight is 271 g/mol. The summed E-state index contributed by atoms with van der Waals surface area (Å²) in [7, 11) is 0. The quantitative estimate of drug-likeness (QED) is 0.788. The van der Waals surface area contributed by atoms with E-state index in [1.54, 1.807) is 6.92 Å². The lowest BCUT2D eigenvalue weighted by molar-refractivity contribution is -0.121. The Morgan fingerprint density at radius 2 is 1.85 bits per heavy atom. The maximum atomic E-state index is 11.6. The van der Waals surface area contributed by atoms with Gasteiger partial charge >= 0.3 is 6.03 Å². The van der Waals surface area contributed by atoms with Crippen LogP contribution in [0.25, 0.3) is 10.8 Å². The van der Waals surface area contributed by atoms with Crippen LogP contribution in [0.4, 0.5) is 4.79 Å². The van der Waals surface area contributed by atoms with E-state index in [1.165, 1.54) is 0 Å². The van der Waals surface area contributed by atoms with Gasteiger partial charge in [0.05, 0.1) is 6.04 Å². The lowest BCUT2D eigenvalue weighted by Gasteiger charge is -2.13. The number of nitrogens with two attached hydrogens (primary N) is 1. The molecule has 0 aliphatic carbocycles. The fraction of sp³-hybridized carbons (Fsp3) is 0.200. The second kappa shape index (κ2) is 6.16. The molecule has 0 saturated carbocycles. The summed E-state index contributed by atoms with van der Waals surface area (Å²) in [4.78, 5) is 22.2. The van der Waals surface area contributed by atoms with Crippen LogP contribution >= 0.6 is 0 Å². The molecule has 4 N–H and O–H groups in total. The third-order valence-corrected chi connectivity index (χ3v) is 3.12. The molecular formula is C15H17N3O2. The Kier molecular flexibility index (Phi) is 4.32. The molecule has 2 aromatic carbocycles. The Morgan fingerprint density at radius 1 is 1.15 bits per heavy atom. The summed E-state index contributed by atoms with van der Waals surface area (Å²) in [5.41, 5.74) is 6.01. The van der Waals surface area contributed by atoms with E-state index < -0.39 is 18.0 Å². The van der Waals surface area contributed by atoms with Crippen LogP contribution in [0, 0.1) is 0 Å². The SMILES string of the molecule is CC(NCc1cccc2ccccc12)C(=O)NC(N)=O. The average Bonchev–Trinajstić information content (AvgIpc) is 2.44. The van der Waals surface area contributed by atoms with E-state index in [-0.39, 0.29) is 0 Å². The van der Waals surface area contributed by atoms with Gasteiger partial charge in [-0.25, -0.2) is 4.79 Å². The molecule has 0 radical (unpaired) electrons. The molecule has 5 heteroatoms. The van der Waals surface area contributed by atoms with Crippen LogP contribution in [-0.2, 0) is 11.3 Å². The van der Waals surface area contributed by atoms with Crippen LogP contribution in [0.2, 0.25) is 0 Å². The fourth-order valence-corrected chi connectivity index (χ4v) is 2.03. The second-order valence-electron chi connectivity index (χ2n) is 4.59. The van der Waals surface area contributed by atoms with Gasteiger partial charge in [-0.1, -0.05) is 42.5 Å². The van der Waals surface area contributed by atoms with Crippen molar-refractivity contribution >= 4 is 22.7 Å². The lowest BCUT2D eigenvalue weighted by atomic mass is 10.0. The van der Waals surface area contributed by atoms with Crippen molar-refractivity contribution in [3.8, 4) is 0 Å². The molecule has 0 bridgehead atoms. The Bertz CT molecular complexity index is 635. The first-order valence-electron chi connectivity index (χ1n) is 6.38. The zero-order valence-electron chi connectivity index (χ0n) is 11.2. The van der Waals surface area contributed by atoms with Crippen molar-refractivity contribution in [2.45, 2.75) is 19.5 Å². The Balaban J connectivity index is 2.06. The molecule has 0 aliphatic rings. The summed E-state index contributed by atoms with van der Waals surface area (Å²) in [6.45, 7) is 2.22. The topological polar surface area (TPSA) is 84.2 Å². The Labute approximate surface area is 117 Å². The van der Waals surface area contributed by atoms with Crippen LogP contribution in [0.15, 0.2) is 42.5 Å². The minimum absolute atomic E-state index is 0.433. The Morgan fingerprint density at radius 3 is 2.60 bits per heavy atom. The van der Waals surface area contributed by atoms with Crippen molar-refractivity contribution in [1.82, 2.24) is 10.6 Å². The highest BCUT2D eigenvalue weighted by Gasteiger charge is 2.13. The van der Waals surface area contributed by atoms with E-state index >= 15 is 0 Å². The van der Waals surface area contributed by atoms with Gasteiger partial charge in [0.25, 0.3) is 0 Å². The zero-order valence-corrected chi connectivity index (χ0v) is 11.2. The van der Waals surface area contributed by atoms with E-state index in [0.717, 1.165) is 16.3 Å². The second-order valence-corrected chi connectivity index (χ2v) is 4.59. The van der Waals surface area contributed by atoms with E-state index in [2.05, 4.69) is 10.6 Å². The number of urea groups is 1. The van der Waals surface area contributed by atoms with E-state index in [9.17, 15) is 9.59 Å². The van der Waals surface area contributed by atoms with Gasteiger partial charge in [-0.3, -0.25) is 10.1 Å². The molecule has 1 unspecified atom stereocenters. The summed E-state index contributed by atoms with van der Waals surface area (Å²) >= 11 is 0. The predicted molar refractivity (Wildman–Crippen MR) is 78.0 cm³/mol. The molecule has 20 heavy (non-hydrogen) atoms. The van der Waals surface area contributed by atoms with Gasteiger partial charge < -0.3 is 11.1 Å². The highest BCUT2D eigenvalue weighted by Crippen LogP contribution is 2.18. The molecule has 2 aromatic rings. The maximum absolute atomic E-state index is 11.6. The van der Waals surface area contributed by atoms with Gasteiger partial charge in [0, 0.05) is 6.54 Å². The third-order valence-electron chi connectivity index (χ3n) is 3.12. The van der Waals surface area contributed by atoms with Gasteiger partial charge in [-0.15, -0.1) is 0 Å². The van der Waals surface area contributed by atoms with E-state index in [0.29, 0.717) is 6.54 Å². The molecule has 0 saturated heterocycles. The molecule has 3 amide bonds. The number of amides is 3. The van der Waals surface area contributed by atoms with E-state index in [1.807, 2.05) is 42.5 Å². The number of hydrogen-bond donors (Lipinski definition) is 3. The van der Waals surface area contributed by atoms with Gasteiger partial charge in [0.2, 0.25) is 5.91 Å². The normalized spacial score (nSPS) is 12.1. The zero-order chi connectivity index (χ0) is 14.5. The maximum Gasteiger partial charge on any atom is 0.318 e. The first-order valence-corrected chi connectivity index (χ1v) is 6.38. The van der Waals surface area contributed by atoms with Crippen molar-refractivity contribution in [3.05, 3.63) is 48.0 Å². The molecule has 104 valence electrons. The highest BCUT2D eigenvalue weighted by molar-refractivity contribution is 5.96. The molecule has 0 aromatic heterocycles. The fourth-order valence-electron chi connectivity index (χ4n) is 2.03. The molecule has 0 spiro atoms. The number of benzene rings is 2. The summed E-state index contributed by atoms with van der Waals surface area (Å²) in [5, 5.41) is 7.43. The number of nitrogens with one attached hydrogen (secondary N) is 2. The molecule has 5 nitrogen and oxygen atoms in total. The smallest absolute Gasteiger partial charge is 0.318 e. The molecule has 0 heterocycles. The van der Waals surface area contributed by atoms with Crippen molar-refractivity contribution in [1.29, 1.82) is 0 Å². The molecule has 0 aliphatic heterocycles. The summed E-state index contributed by atoms with van der Waals surface area (Å²) < 4.78 is 0. The van der Waals surface area contributed by atoms with Crippen LogP contribution in [-0.4, -0.2) is 18.0 Å². The van der Waals surface area contributed by atoms with Crippen LogP contribution in [0.3, 0.4) is 0 Å². The van der Waals surface area contributed by atoms with Gasteiger partial charge in [0.15, 0.2) is 0 Å².